The summed E-state index contributed by atoms with van der Waals surface area (Å²) in [5.41, 5.74) is 0. The average molecular weight is 428 g/mol. The van der Waals surface area contributed by atoms with Gasteiger partial charge in [-0.2, -0.15) is 43.8 Å². The van der Waals surface area contributed by atoms with E-state index >= 15 is 0 Å². The quantitative estimate of drug-likeness (QED) is 0.218. The third-order valence-corrected chi connectivity index (χ3v) is 5.60. The molecule has 3 aliphatic rings. The highest BCUT2D eigenvalue weighted by Gasteiger charge is 2.42. The Morgan fingerprint density at radius 1 is 1.12 bits per heavy atom. The number of imide groups is 1. The molecule has 3 aliphatic heterocycles. The molecule has 0 aromatic rings. The molecule has 0 aromatic heterocycles. The number of carboxylic acid groups (broad SMARTS) is 1. The first-order chi connectivity index (χ1) is 11.4. The average Bonchev–Trinajstić information content (AvgIpc) is 3.15. The summed E-state index contributed by atoms with van der Waals surface area (Å²) in [5, 5.41) is 23.3. The number of nitrogens with one attached hydrogen (secondary N) is 2. The van der Waals surface area contributed by atoms with Gasteiger partial charge >= 0.3 is 12.0 Å². The highest BCUT2D eigenvalue weighted by atomic mass is 32.2. The number of urea groups is 1. The van der Waals surface area contributed by atoms with Gasteiger partial charge in [-0.25, -0.2) is 4.79 Å². The molecule has 4 N–H and O–H groups in total. The molecule has 0 unspecified atom stereocenters. The highest BCUT2D eigenvalue weighted by Crippen LogP contribution is 2.33. The maximum absolute atomic E-state index is 11.1. The van der Waals surface area contributed by atoms with Crippen molar-refractivity contribution in [2.24, 2.45) is 0 Å². The van der Waals surface area contributed by atoms with Crippen LogP contribution in [0.15, 0.2) is 0 Å². The molecular weight excluding hydrogens is 402 g/mol. The maximum Gasteiger partial charge on any atom is 0.315 e. The molecule has 0 saturated carbocycles. The van der Waals surface area contributed by atoms with Gasteiger partial charge < -0.3 is 15.7 Å². The lowest BCUT2D eigenvalue weighted by Crippen LogP contribution is -2.36. The number of carboxylic acids is 1. The third kappa shape index (κ3) is 6.89. The van der Waals surface area contributed by atoms with Gasteiger partial charge in [0, 0.05) is 30.3 Å². The van der Waals surface area contributed by atoms with E-state index in [0.717, 1.165) is 25.0 Å². The minimum Gasteiger partial charge on any atom is -0.481 e. The number of nitrogens with zero attached hydrogens (tertiary/aromatic N) is 1. The maximum atomic E-state index is 11.1. The van der Waals surface area contributed by atoms with Gasteiger partial charge in [-0.3, -0.25) is 19.6 Å². The molecule has 3 fully saturated rings. The molecule has 3 saturated heterocycles. The van der Waals surface area contributed by atoms with Gasteiger partial charge in [0.2, 0.25) is 0 Å². The Hall–Kier alpha value is -1.11. The number of carbonyl (C=O) groups excluding carboxylic acids is 3. The molecule has 3 atom stereocenters. The Balaban J connectivity index is 0.000000536. The number of amides is 4. The van der Waals surface area contributed by atoms with Gasteiger partial charge in [0.25, 0.3) is 11.8 Å². The SMILES string of the molecule is O=C(O)CCCC[C@@H]1SC[C@@H]2NC(=O)N[C@@H]21.O=C1CCC(=O)N1O.S.S. The number of hydroxylamine groups is 2. The summed E-state index contributed by atoms with van der Waals surface area (Å²) in [6.45, 7) is 0. The van der Waals surface area contributed by atoms with E-state index in [1.807, 2.05) is 11.8 Å². The minimum atomic E-state index is -0.729. The second kappa shape index (κ2) is 11.6. The summed E-state index contributed by atoms with van der Waals surface area (Å²) in [5.74, 6) is -0.773. The first kappa shape index (κ1) is 24.9. The molecular formula is C14H25N3O6S3. The van der Waals surface area contributed by atoms with Crippen LogP contribution in [0.3, 0.4) is 0 Å². The Morgan fingerprint density at radius 3 is 2.23 bits per heavy atom. The van der Waals surface area contributed by atoms with Crippen LogP contribution in [0.25, 0.3) is 0 Å². The number of hydrogen-bond acceptors (Lipinski definition) is 6. The molecule has 26 heavy (non-hydrogen) atoms. The van der Waals surface area contributed by atoms with Crippen molar-refractivity contribution in [2.75, 3.05) is 5.75 Å². The Kier molecular flexibility index (Phi) is 11.1. The second-order valence-electron chi connectivity index (χ2n) is 5.86. The molecule has 4 amide bonds. The number of thioether (sulfide) groups is 1. The highest BCUT2D eigenvalue weighted by molar-refractivity contribution is 8.00. The van der Waals surface area contributed by atoms with Crippen LogP contribution < -0.4 is 10.6 Å². The van der Waals surface area contributed by atoms with E-state index in [9.17, 15) is 19.2 Å². The van der Waals surface area contributed by atoms with Gasteiger partial charge in [0.05, 0.1) is 12.1 Å². The van der Waals surface area contributed by atoms with Gasteiger partial charge in [0.1, 0.15) is 0 Å². The number of fused-ring (bicyclic) bond motifs is 1. The van der Waals surface area contributed by atoms with Crippen LogP contribution in [0.2, 0.25) is 0 Å². The fourth-order valence-electron chi connectivity index (χ4n) is 2.83. The lowest BCUT2D eigenvalue weighted by molar-refractivity contribution is -0.171. The van der Waals surface area contributed by atoms with E-state index in [0.29, 0.717) is 5.25 Å². The third-order valence-electron chi connectivity index (χ3n) is 4.09. The van der Waals surface area contributed by atoms with Crippen molar-refractivity contribution in [2.45, 2.75) is 55.9 Å². The zero-order valence-corrected chi connectivity index (χ0v) is 16.9. The lowest BCUT2D eigenvalue weighted by atomic mass is 10.0. The monoisotopic (exact) mass is 427 g/mol. The smallest absolute Gasteiger partial charge is 0.315 e. The number of carbonyl (C=O) groups is 4. The molecule has 0 radical (unpaired) electrons. The Labute approximate surface area is 169 Å². The molecule has 3 heterocycles. The van der Waals surface area contributed by atoms with Crippen LogP contribution in [0, 0.1) is 0 Å². The number of rotatable bonds is 5. The van der Waals surface area contributed by atoms with Crippen LogP contribution in [0.4, 0.5) is 4.79 Å². The first-order valence-electron chi connectivity index (χ1n) is 7.83. The van der Waals surface area contributed by atoms with E-state index in [2.05, 4.69) is 10.6 Å². The summed E-state index contributed by atoms with van der Waals surface area (Å²) in [4.78, 5) is 41.9. The molecule has 3 rings (SSSR count). The molecule has 0 bridgehead atoms. The molecule has 0 spiro atoms. The molecule has 150 valence electrons. The van der Waals surface area contributed by atoms with Crippen molar-refractivity contribution in [3.05, 3.63) is 0 Å². The topological polar surface area (TPSA) is 136 Å². The van der Waals surface area contributed by atoms with Crippen LogP contribution in [-0.4, -0.2) is 62.3 Å². The van der Waals surface area contributed by atoms with Crippen molar-refractivity contribution >= 4 is 62.6 Å². The summed E-state index contributed by atoms with van der Waals surface area (Å²) in [6, 6.07) is 0.440. The van der Waals surface area contributed by atoms with Crippen LogP contribution >= 0.6 is 38.8 Å². The van der Waals surface area contributed by atoms with Crippen molar-refractivity contribution in [3.63, 3.8) is 0 Å². The minimum absolute atomic E-state index is 0. The van der Waals surface area contributed by atoms with Gasteiger partial charge in [0.15, 0.2) is 0 Å². The van der Waals surface area contributed by atoms with Gasteiger partial charge in [-0.05, 0) is 12.8 Å². The normalized spacial score (nSPS) is 26.0. The number of aliphatic carboxylic acids is 1. The molecule has 12 heteroatoms. The predicted octanol–water partition coefficient (Wildman–Crippen LogP) is 0.547. The summed E-state index contributed by atoms with van der Waals surface area (Å²) in [7, 11) is 0. The van der Waals surface area contributed by atoms with E-state index in [-0.39, 0.29) is 69.4 Å². The Bertz CT molecular complexity index is 520. The van der Waals surface area contributed by atoms with E-state index in [1.54, 1.807) is 0 Å². The van der Waals surface area contributed by atoms with Gasteiger partial charge in [-0.15, -0.1) is 0 Å². The fourth-order valence-corrected chi connectivity index (χ4v) is 4.37. The standard InChI is InChI=1S/C10H16N2O3S.C4H5NO3.2H2S/c13-8(14)4-2-1-3-7-9-6(5-16-7)11-10(15)12-9;6-3-1-2-4(7)5(3)8;;/h6-7,9H,1-5H2,(H,13,14)(H2,11,12,15);8H,1-2H2;2*1H2/t6-,7-,9-;;;/m0.../s1. The fraction of sp³-hybridized carbons (Fsp3) is 0.714. The molecule has 9 nitrogen and oxygen atoms in total. The largest absolute Gasteiger partial charge is 0.481 e. The predicted molar refractivity (Wildman–Crippen MR) is 105 cm³/mol. The van der Waals surface area contributed by atoms with E-state index in [4.69, 9.17) is 10.3 Å². The summed E-state index contributed by atoms with van der Waals surface area (Å²) < 4.78 is 0. The summed E-state index contributed by atoms with van der Waals surface area (Å²) >= 11 is 1.87. The zero-order valence-electron chi connectivity index (χ0n) is 14.1. The Morgan fingerprint density at radius 2 is 1.73 bits per heavy atom. The molecule has 0 aliphatic carbocycles. The van der Waals surface area contributed by atoms with Gasteiger partial charge in [-0.1, -0.05) is 6.42 Å². The van der Waals surface area contributed by atoms with E-state index < -0.39 is 17.8 Å². The lowest BCUT2D eigenvalue weighted by Gasteiger charge is -2.16. The number of unbranched alkanes of at least 4 members (excludes halogenated alkanes) is 1. The van der Waals surface area contributed by atoms with Crippen molar-refractivity contribution in [3.8, 4) is 0 Å². The van der Waals surface area contributed by atoms with Crippen LogP contribution in [0.1, 0.15) is 38.5 Å². The van der Waals surface area contributed by atoms with E-state index in [1.165, 1.54) is 0 Å². The van der Waals surface area contributed by atoms with Crippen LogP contribution in [-0.2, 0) is 14.4 Å². The summed E-state index contributed by atoms with van der Waals surface area (Å²) in [6.07, 6.45) is 3.18. The first-order valence-corrected chi connectivity index (χ1v) is 8.88. The number of hydrogen-bond donors (Lipinski definition) is 4. The van der Waals surface area contributed by atoms with Crippen molar-refractivity contribution in [1.82, 2.24) is 15.7 Å². The molecule has 0 aromatic carbocycles. The second-order valence-corrected chi connectivity index (χ2v) is 7.13. The van der Waals surface area contributed by atoms with Crippen molar-refractivity contribution in [1.29, 1.82) is 0 Å². The van der Waals surface area contributed by atoms with Crippen molar-refractivity contribution < 1.29 is 29.5 Å². The zero-order chi connectivity index (χ0) is 17.7. The van der Waals surface area contributed by atoms with Crippen LogP contribution in [0.5, 0.6) is 0 Å².